The first-order chi connectivity index (χ1) is 11.5. The summed E-state index contributed by atoms with van der Waals surface area (Å²) in [6.45, 7) is 1.86. The average molecular weight is 342 g/mol. The van der Waals surface area contributed by atoms with Crippen molar-refractivity contribution in [1.29, 1.82) is 0 Å². The van der Waals surface area contributed by atoms with Crippen molar-refractivity contribution in [3.8, 4) is 0 Å². The maximum atomic E-state index is 12.0. The van der Waals surface area contributed by atoms with E-state index in [1.807, 2.05) is 13.0 Å². The Labute approximate surface area is 144 Å². The number of fused-ring (bicyclic) bond motifs is 1. The number of aromatic amines is 2. The Bertz CT molecular complexity index is 898. The maximum absolute atomic E-state index is 12.0. The van der Waals surface area contributed by atoms with E-state index in [2.05, 4.69) is 32.6 Å². The minimum atomic E-state index is -0.334. The molecular weight excluding hydrogens is 324 g/mol. The molecule has 0 bridgehead atoms. The van der Waals surface area contributed by atoms with Gasteiger partial charge in [-0.15, -0.1) is 0 Å². The molecule has 1 amide bonds. The summed E-state index contributed by atoms with van der Waals surface area (Å²) in [7, 11) is 0. The number of hydrazone groups is 1. The van der Waals surface area contributed by atoms with E-state index in [1.165, 1.54) is 23.6 Å². The van der Waals surface area contributed by atoms with Crippen LogP contribution in [0, 0.1) is 4.77 Å². The highest BCUT2D eigenvalue weighted by Crippen LogP contribution is 2.23. The molecule has 0 saturated carbocycles. The lowest BCUT2D eigenvalue weighted by atomic mass is 10.0. The number of aryl methyl sites for hydroxylation is 2. The van der Waals surface area contributed by atoms with Crippen LogP contribution in [0.25, 0.3) is 0 Å². The van der Waals surface area contributed by atoms with Crippen LogP contribution >= 0.6 is 12.2 Å². The fraction of sp³-hybridized carbons (Fsp3) is 0.294. The largest absolute Gasteiger partial charge is 0.335 e. The fourth-order valence-corrected chi connectivity index (χ4v) is 3.07. The summed E-state index contributed by atoms with van der Waals surface area (Å²) in [4.78, 5) is 28.5. The minimum Gasteiger partial charge on any atom is -0.335 e. The third-order valence-electron chi connectivity index (χ3n) is 4.03. The second kappa shape index (κ2) is 6.92. The van der Waals surface area contributed by atoms with Gasteiger partial charge in [-0.3, -0.25) is 14.6 Å². The Morgan fingerprint density at radius 2 is 2.04 bits per heavy atom. The standard InChI is InChI=1S/C17H18N4O2S/c1-10(12-6-5-11-3-2-4-13(11)7-12)20-21-16(23)9-14-8-15(22)19-17(24)18-14/h5-8H,2-4,9H2,1H3,(H,21,23)(H2,18,19,22,24)/b20-10-. The van der Waals surface area contributed by atoms with Gasteiger partial charge in [-0.2, -0.15) is 5.10 Å². The zero-order valence-electron chi connectivity index (χ0n) is 13.3. The lowest BCUT2D eigenvalue weighted by Gasteiger charge is -2.06. The van der Waals surface area contributed by atoms with E-state index in [4.69, 9.17) is 12.2 Å². The molecular formula is C17H18N4O2S. The zero-order valence-corrected chi connectivity index (χ0v) is 14.1. The lowest BCUT2D eigenvalue weighted by Crippen LogP contribution is -2.23. The van der Waals surface area contributed by atoms with Gasteiger partial charge >= 0.3 is 0 Å². The molecule has 3 N–H and O–H groups in total. The Hall–Kier alpha value is -2.54. The van der Waals surface area contributed by atoms with Gasteiger partial charge in [0.15, 0.2) is 4.77 Å². The molecule has 0 radical (unpaired) electrons. The van der Waals surface area contributed by atoms with Gasteiger partial charge in [-0.25, -0.2) is 5.43 Å². The highest BCUT2D eigenvalue weighted by molar-refractivity contribution is 7.71. The topological polar surface area (TPSA) is 90.1 Å². The van der Waals surface area contributed by atoms with Crippen LogP contribution in [0.15, 0.2) is 34.2 Å². The predicted molar refractivity (Wildman–Crippen MR) is 94.8 cm³/mol. The molecule has 1 heterocycles. The van der Waals surface area contributed by atoms with E-state index < -0.39 is 0 Å². The van der Waals surface area contributed by atoms with Crippen LogP contribution < -0.4 is 11.0 Å². The Morgan fingerprint density at radius 1 is 1.25 bits per heavy atom. The molecule has 1 aliphatic rings. The first kappa shape index (κ1) is 16.3. The Balaban J connectivity index is 1.67. The number of aromatic nitrogens is 2. The molecule has 1 aliphatic carbocycles. The van der Waals surface area contributed by atoms with E-state index in [0.717, 1.165) is 24.1 Å². The van der Waals surface area contributed by atoms with Crippen LogP contribution in [0.2, 0.25) is 0 Å². The number of benzene rings is 1. The number of rotatable bonds is 4. The number of carbonyl (C=O) groups is 1. The van der Waals surface area contributed by atoms with Gasteiger partial charge in [-0.05, 0) is 61.2 Å². The smallest absolute Gasteiger partial charge is 0.251 e. The van der Waals surface area contributed by atoms with Crippen molar-refractivity contribution in [3.05, 3.63) is 61.8 Å². The molecule has 0 unspecified atom stereocenters. The van der Waals surface area contributed by atoms with Crippen molar-refractivity contribution < 1.29 is 4.79 Å². The van der Waals surface area contributed by atoms with Crippen molar-refractivity contribution in [1.82, 2.24) is 15.4 Å². The summed E-state index contributed by atoms with van der Waals surface area (Å²) in [6.07, 6.45) is 3.45. The summed E-state index contributed by atoms with van der Waals surface area (Å²) in [6, 6.07) is 7.62. The van der Waals surface area contributed by atoms with Gasteiger partial charge in [0.1, 0.15) is 0 Å². The molecule has 124 valence electrons. The summed E-state index contributed by atoms with van der Waals surface area (Å²) < 4.78 is 0.197. The molecule has 0 spiro atoms. The number of carbonyl (C=O) groups excluding carboxylic acids is 1. The normalized spacial score (nSPS) is 13.6. The van der Waals surface area contributed by atoms with Crippen LogP contribution in [-0.4, -0.2) is 21.6 Å². The Morgan fingerprint density at radius 3 is 2.83 bits per heavy atom. The SMILES string of the molecule is C/C(=N/NC(=O)Cc1cc(=O)[nH]c(=S)[nH]1)c1ccc2c(c1)CCC2. The van der Waals surface area contributed by atoms with E-state index in [9.17, 15) is 9.59 Å². The number of amides is 1. The summed E-state index contributed by atoms with van der Waals surface area (Å²) >= 11 is 4.88. The number of H-pyrrole nitrogens is 2. The fourth-order valence-electron chi connectivity index (χ4n) is 2.83. The maximum Gasteiger partial charge on any atom is 0.251 e. The number of hydrogen-bond donors (Lipinski definition) is 3. The monoisotopic (exact) mass is 342 g/mol. The van der Waals surface area contributed by atoms with Gasteiger partial charge in [0.05, 0.1) is 12.1 Å². The molecule has 0 aliphatic heterocycles. The summed E-state index contributed by atoms with van der Waals surface area (Å²) in [5.74, 6) is -0.313. The predicted octanol–water partition coefficient (Wildman–Crippen LogP) is 2.00. The summed E-state index contributed by atoms with van der Waals surface area (Å²) in [5.41, 5.74) is 7.16. The molecule has 2 aromatic rings. The molecule has 7 heteroatoms. The summed E-state index contributed by atoms with van der Waals surface area (Å²) in [5, 5.41) is 4.15. The van der Waals surface area contributed by atoms with Gasteiger partial charge in [0.2, 0.25) is 5.91 Å². The van der Waals surface area contributed by atoms with E-state index in [0.29, 0.717) is 5.69 Å². The van der Waals surface area contributed by atoms with Crippen molar-refractivity contribution in [2.24, 2.45) is 5.10 Å². The zero-order chi connectivity index (χ0) is 17.1. The molecule has 0 fully saturated rings. The van der Waals surface area contributed by atoms with E-state index in [1.54, 1.807) is 0 Å². The molecule has 24 heavy (non-hydrogen) atoms. The highest BCUT2D eigenvalue weighted by atomic mass is 32.1. The second-order valence-electron chi connectivity index (χ2n) is 5.86. The average Bonchev–Trinajstić information content (AvgIpc) is 2.99. The van der Waals surface area contributed by atoms with Crippen LogP contribution in [0.3, 0.4) is 0 Å². The number of hydrogen-bond acceptors (Lipinski definition) is 4. The quantitative estimate of drug-likeness (QED) is 0.451. The van der Waals surface area contributed by atoms with Crippen LogP contribution in [0.4, 0.5) is 0 Å². The van der Waals surface area contributed by atoms with Crippen LogP contribution in [0.1, 0.15) is 35.7 Å². The van der Waals surface area contributed by atoms with E-state index >= 15 is 0 Å². The van der Waals surface area contributed by atoms with Crippen LogP contribution in [0.5, 0.6) is 0 Å². The second-order valence-corrected chi connectivity index (χ2v) is 6.27. The van der Waals surface area contributed by atoms with Gasteiger partial charge in [-0.1, -0.05) is 12.1 Å². The van der Waals surface area contributed by atoms with E-state index in [-0.39, 0.29) is 22.7 Å². The van der Waals surface area contributed by atoms with Gasteiger partial charge in [0.25, 0.3) is 5.56 Å². The molecule has 0 atom stereocenters. The van der Waals surface area contributed by atoms with Crippen molar-refractivity contribution in [3.63, 3.8) is 0 Å². The molecule has 3 rings (SSSR count). The first-order valence-corrected chi connectivity index (χ1v) is 8.20. The van der Waals surface area contributed by atoms with Gasteiger partial charge < -0.3 is 4.98 Å². The minimum absolute atomic E-state index is 0.00846. The third kappa shape index (κ3) is 3.86. The molecule has 1 aromatic carbocycles. The van der Waals surface area contributed by atoms with Crippen LogP contribution in [-0.2, 0) is 24.1 Å². The number of nitrogens with zero attached hydrogens (tertiary/aromatic N) is 1. The highest BCUT2D eigenvalue weighted by Gasteiger charge is 2.12. The molecule has 0 saturated heterocycles. The van der Waals surface area contributed by atoms with Gasteiger partial charge in [0, 0.05) is 11.8 Å². The Kier molecular flexibility index (Phi) is 4.71. The third-order valence-corrected chi connectivity index (χ3v) is 4.24. The lowest BCUT2D eigenvalue weighted by molar-refractivity contribution is -0.120. The molecule has 1 aromatic heterocycles. The first-order valence-electron chi connectivity index (χ1n) is 7.79. The van der Waals surface area contributed by atoms with Crippen molar-refractivity contribution in [2.75, 3.05) is 0 Å². The number of nitrogens with one attached hydrogen (secondary N) is 3. The van der Waals surface area contributed by atoms with Crippen molar-refractivity contribution >= 4 is 23.8 Å². The van der Waals surface area contributed by atoms with Crippen molar-refractivity contribution in [2.45, 2.75) is 32.6 Å². The molecule has 6 nitrogen and oxygen atoms in total.